The van der Waals surface area contributed by atoms with Gasteiger partial charge in [0.25, 0.3) is 0 Å². The van der Waals surface area contributed by atoms with E-state index < -0.39 is 0 Å². The lowest BCUT2D eigenvalue weighted by molar-refractivity contribution is 0.761. The molecule has 0 spiro atoms. The van der Waals surface area contributed by atoms with Gasteiger partial charge in [-0.05, 0) is 19.9 Å². The van der Waals surface area contributed by atoms with Crippen LogP contribution in [0.25, 0.3) is 0 Å². The molecule has 0 fully saturated rings. The van der Waals surface area contributed by atoms with Gasteiger partial charge in [0.1, 0.15) is 0 Å². The van der Waals surface area contributed by atoms with Gasteiger partial charge in [-0.3, -0.25) is 0 Å². The molecule has 0 bridgehead atoms. The minimum Gasteiger partial charge on any atom is -0.359 e. The van der Waals surface area contributed by atoms with Crippen LogP contribution in [0.5, 0.6) is 0 Å². The summed E-state index contributed by atoms with van der Waals surface area (Å²) in [7, 11) is 0. The van der Waals surface area contributed by atoms with Gasteiger partial charge in [0.15, 0.2) is 5.13 Å². The van der Waals surface area contributed by atoms with Crippen molar-refractivity contribution in [3.05, 3.63) is 11.1 Å². The molecule has 0 aromatic carbocycles. The zero-order valence-corrected chi connectivity index (χ0v) is 9.03. The van der Waals surface area contributed by atoms with Crippen molar-refractivity contribution in [3.8, 4) is 0 Å². The Balaban J connectivity index is 2.48. The topological polar surface area (TPSA) is 50.9 Å². The zero-order valence-electron chi connectivity index (χ0n) is 8.21. The molecule has 3 nitrogen and oxygen atoms in total. The van der Waals surface area contributed by atoms with E-state index in [1.807, 2.05) is 0 Å². The third-order valence-corrected chi connectivity index (χ3v) is 2.76. The van der Waals surface area contributed by atoms with Crippen molar-refractivity contribution in [3.63, 3.8) is 0 Å². The number of nitrogens with zero attached hydrogens (tertiary/aromatic N) is 1. The van der Waals surface area contributed by atoms with Crippen molar-refractivity contribution in [1.82, 2.24) is 4.98 Å². The van der Waals surface area contributed by atoms with Crippen LogP contribution in [0.2, 0.25) is 0 Å². The maximum Gasteiger partial charge on any atom is 0.183 e. The van der Waals surface area contributed by atoms with Gasteiger partial charge in [-0.1, -0.05) is 6.92 Å². The summed E-state index contributed by atoms with van der Waals surface area (Å²) in [5, 5.41) is 6.42. The normalized spacial score (nSPS) is 12.8. The van der Waals surface area contributed by atoms with Crippen LogP contribution >= 0.6 is 11.3 Å². The molecule has 4 heteroatoms. The van der Waals surface area contributed by atoms with Crippen molar-refractivity contribution in [2.45, 2.75) is 32.7 Å². The van der Waals surface area contributed by atoms with E-state index in [9.17, 15) is 0 Å². The Morgan fingerprint density at radius 2 is 2.46 bits per heavy atom. The number of nitrogens with two attached hydrogens (primary N) is 1. The van der Waals surface area contributed by atoms with Crippen LogP contribution < -0.4 is 11.1 Å². The summed E-state index contributed by atoms with van der Waals surface area (Å²) in [5.74, 6) is 0. The molecule has 74 valence electrons. The monoisotopic (exact) mass is 199 g/mol. The van der Waals surface area contributed by atoms with Crippen molar-refractivity contribution >= 4 is 16.5 Å². The minimum atomic E-state index is 0.497. The Hall–Kier alpha value is -0.610. The Morgan fingerprint density at radius 1 is 1.69 bits per heavy atom. The summed E-state index contributed by atoms with van der Waals surface area (Å²) in [6.45, 7) is 4.99. The molecule has 1 unspecified atom stereocenters. The third kappa shape index (κ3) is 3.32. The highest BCUT2D eigenvalue weighted by Gasteiger charge is 2.03. The molecule has 0 amide bonds. The predicted molar refractivity (Wildman–Crippen MR) is 58.2 cm³/mol. The number of rotatable bonds is 5. The van der Waals surface area contributed by atoms with E-state index in [1.165, 1.54) is 0 Å². The number of aromatic nitrogens is 1. The van der Waals surface area contributed by atoms with Crippen LogP contribution in [0.15, 0.2) is 5.38 Å². The Bertz CT molecular complexity index is 247. The number of nitrogens with one attached hydrogen (secondary N) is 1. The molecule has 0 aliphatic carbocycles. The molecule has 0 radical (unpaired) electrons. The molecular formula is C9H17N3S. The van der Waals surface area contributed by atoms with Gasteiger partial charge < -0.3 is 11.1 Å². The van der Waals surface area contributed by atoms with Crippen LogP contribution in [0.1, 0.15) is 26.0 Å². The van der Waals surface area contributed by atoms with E-state index in [-0.39, 0.29) is 0 Å². The zero-order chi connectivity index (χ0) is 9.68. The van der Waals surface area contributed by atoms with E-state index >= 15 is 0 Å². The fraction of sp³-hybridized carbons (Fsp3) is 0.667. The molecule has 1 rings (SSSR count). The van der Waals surface area contributed by atoms with E-state index in [1.54, 1.807) is 11.3 Å². The second-order valence-electron chi connectivity index (χ2n) is 3.14. The molecule has 3 N–H and O–H groups in total. The summed E-state index contributed by atoms with van der Waals surface area (Å²) in [6.07, 6.45) is 1.99. The van der Waals surface area contributed by atoms with Gasteiger partial charge in [0.2, 0.25) is 0 Å². The van der Waals surface area contributed by atoms with Crippen LogP contribution in [-0.2, 0) is 6.42 Å². The van der Waals surface area contributed by atoms with Crippen molar-refractivity contribution in [2.24, 2.45) is 5.73 Å². The molecule has 0 saturated carbocycles. The molecule has 1 atom stereocenters. The average Bonchev–Trinajstić information content (AvgIpc) is 2.53. The standard InChI is InChI=1S/C9H17N3S/c1-3-7(2)11-9-12-8(4-5-10)6-13-9/h6-7H,3-5,10H2,1-2H3,(H,11,12). The van der Waals surface area contributed by atoms with Crippen molar-refractivity contribution < 1.29 is 0 Å². The Kier molecular flexibility index (Phi) is 4.18. The van der Waals surface area contributed by atoms with Gasteiger partial charge >= 0.3 is 0 Å². The highest BCUT2D eigenvalue weighted by atomic mass is 32.1. The van der Waals surface area contributed by atoms with Gasteiger partial charge in [0.05, 0.1) is 5.69 Å². The molecule has 1 heterocycles. The first-order valence-corrected chi connectivity index (χ1v) is 5.55. The average molecular weight is 199 g/mol. The van der Waals surface area contributed by atoms with Crippen LogP contribution in [0.4, 0.5) is 5.13 Å². The maximum absolute atomic E-state index is 5.44. The second-order valence-corrected chi connectivity index (χ2v) is 3.99. The van der Waals surface area contributed by atoms with Crippen molar-refractivity contribution in [1.29, 1.82) is 0 Å². The predicted octanol–water partition coefficient (Wildman–Crippen LogP) is 1.85. The SMILES string of the molecule is CCC(C)Nc1nc(CCN)cs1. The summed E-state index contributed by atoms with van der Waals surface area (Å²) in [4.78, 5) is 4.42. The first-order chi connectivity index (χ1) is 6.26. The molecule has 0 aliphatic heterocycles. The fourth-order valence-electron chi connectivity index (χ4n) is 0.949. The summed E-state index contributed by atoms with van der Waals surface area (Å²) < 4.78 is 0. The fourth-order valence-corrected chi connectivity index (χ4v) is 1.81. The number of hydrogen-bond acceptors (Lipinski definition) is 4. The largest absolute Gasteiger partial charge is 0.359 e. The lowest BCUT2D eigenvalue weighted by Crippen LogP contribution is -2.13. The lowest BCUT2D eigenvalue weighted by atomic mass is 10.3. The third-order valence-electron chi connectivity index (χ3n) is 1.93. The number of thiazole rings is 1. The first-order valence-electron chi connectivity index (χ1n) is 4.67. The lowest BCUT2D eigenvalue weighted by Gasteiger charge is -2.08. The second kappa shape index (κ2) is 5.19. The van der Waals surface area contributed by atoms with Gasteiger partial charge in [0, 0.05) is 17.8 Å². The van der Waals surface area contributed by atoms with E-state index in [2.05, 4.69) is 29.5 Å². The molecular weight excluding hydrogens is 182 g/mol. The first kappa shape index (κ1) is 10.5. The van der Waals surface area contributed by atoms with Crippen LogP contribution in [0.3, 0.4) is 0 Å². The highest BCUT2D eigenvalue weighted by Crippen LogP contribution is 2.16. The van der Waals surface area contributed by atoms with Gasteiger partial charge in [-0.25, -0.2) is 4.98 Å². The van der Waals surface area contributed by atoms with E-state index in [0.717, 1.165) is 23.7 Å². The summed E-state index contributed by atoms with van der Waals surface area (Å²) >= 11 is 1.66. The Labute approximate surface area is 83.4 Å². The quantitative estimate of drug-likeness (QED) is 0.761. The molecule has 1 aromatic heterocycles. The maximum atomic E-state index is 5.44. The molecule has 0 aliphatic rings. The Morgan fingerprint density at radius 3 is 3.08 bits per heavy atom. The summed E-state index contributed by atoms with van der Waals surface area (Å²) in [6, 6.07) is 0.497. The van der Waals surface area contributed by atoms with Gasteiger partial charge in [-0.15, -0.1) is 11.3 Å². The molecule has 13 heavy (non-hydrogen) atoms. The van der Waals surface area contributed by atoms with Crippen LogP contribution in [-0.4, -0.2) is 17.6 Å². The smallest absolute Gasteiger partial charge is 0.183 e. The van der Waals surface area contributed by atoms with E-state index in [4.69, 9.17) is 5.73 Å². The van der Waals surface area contributed by atoms with Crippen molar-refractivity contribution in [2.75, 3.05) is 11.9 Å². The number of hydrogen-bond donors (Lipinski definition) is 2. The summed E-state index contributed by atoms with van der Waals surface area (Å²) in [5.41, 5.74) is 6.54. The highest BCUT2D eigenvalue weighted by molar-refractivity contribution is 7.13. The molecule has 1 aromatic rings. The molecule has 0 saturated heterocycles. The van der Waals surface area contributed by atoms with E-state index in [0.29, 0.717) is 12.6 Å². The minimum absolute atomic E-state index is 0.497. The van der Waals surface area contributed by atoms with Gasteiger partial charge in [-0.2, -0.15) is 0 Å². The van der Waals surface area contributed by atoms with Crippen LogP contribution in [0, 0.1) is 0 Å². The number of anilines is 1.